The van der Waals surface area contributed by atoms with E-state index in [0.29, 0.717) is 25.2 Å². The Morgan fingerprint density at radius 2 is 1.14 bits per heavy atom. The van der Waals surface area contributed by atoms with E-state index in [0.717, 1.165) is 56.5 Å². The molecule has 1 amide bonds. The molecular weight excluding hydrogens is 787 g/mol. The molecule has 10 nitrogen and oxygen atoms in total. The summed E-state index contributed by atoms with van der Waals surface area (Å²) < 4.78 is 62.2. The summed E-state index contributed by atoms with van der Waals surface area (Å²) in [5.41, 5.74) is -0.707. The Morgan fingerprint density at radius 3 is 1.50 bits per heavy atom. The molecule has 0 heterocycles. The van der Waals surface area contributed by atoms with Crippen LogP contribution < -0.4 is 5.32 Å². The van der Waals surface area contributed by atoms with Crippen LogP contribution in [-0.2, 0) is 37.4 Å². The van der Waals surface area contributed by atoms with E-state index in [4.69, 9.17) is 27.2 Å². The molecule has 0 aliphatic heterocycles. The van der Waals surface area contributed by atoms with Crippen molar-refractivity contribution >= 4 is 32.8 Å². The fraction of sp³-hybridized carbons (Fsp3) is 0.978. The molecule has 0 bridgehead atoms. The number of methoxy groups -OCH3 is 1. The molecule has 0 aliphatic rings. The average molecular weight is 882 g/mol. The molecule has 0 saturated carbocycles. The standard InChI is InChI=1S/C45H95NO9SSi2/c1-16-38(5)40(51-37-50-12)34-32-30-28-26-24-22-20-21-23-25-27-29-31-33-35-41(54-56(13,48)49)42(55-58(17-2,18-3)19-4)39(46-43(47)53-44(6,7)8)36-52-57(14,15)45(9,10)11/h38-42H,16-37H2,1-15H3,(H,46,47)/t38-,39+,40-,41-,42+/m1/s1. The zero-order chi connectivity index (χ0) is 44.5. The van der Waals surface area contributed by atoms with Crippen molar-refractivity contribution in [2.24, 2.45) is 5.92 Å². The number of ether oxygens (including phenoxy) is 3. The molecular formula is C45H95NO9SSi2. The van der Waals surface area contributed by atoms with Gasteiger partial charge in [-0.3, -0.25) is 4.18 Å². The van der Waals surface area contributed by atoms with Crippen LogP contribution in [0.1, 0.15) is 185 Å². The molecule has 0 spiro atoms. The Kier molecular flexibility index (Phi) is 29.4. The Labute approximate surface area is 361 Å². The molecule has 0 aromatic rings. The van der Waals surface area contributed by atoms with E-state index in [1.165, 1.54) is 70.6 Å². The minimum atomic E-state index is -3.83. The topological polar surface area (TPSA) is 119 Å². The largest absolute Gasteiger partial charge is 0.444 e. The fourth-order valence-electron chi connectivity index (χ4n) is 7.15. The molecule has 0 aliphatic carbocycles. The highest BCUT2D eigenvalue weighted by Gasteiger charge is 2.44. The maximum Gasteiger partial charge on any atom is 0.408 e. The van der Waals surface area contributed by atoms with Gasteiger partial charge in [-0.25, -0.2) is 4.79 Å². The van der Waals surface area contributed by atoms with Gasteiger partial charge in [0, 0.05) is 7.11 Å². The first-order valence-electron chi connectivity index (χ1n) is 23.3. The van der Waals surface area contributed by atoms with Crippen molar-refractivity contribution in [3.8, 4) is 0 Å². The quantitative estimate of drug-likeness (QED) is 0.0287. The van der Waals surface area contributed by atoms with Crippen molar-refractivity contribution < 1.29 is 40.5 Å². The summed E-state index contributed by atoms with van der Waals surface area (Å²) in [6.07, 6.45) is 19.0. The fourth-order valence-corrected chi connectivity index (χ4v) is 11.7. The first kappa shape index (κ1) is 57.5. The van der Waals surface area contributed by atoms with E-state index >= 15 is 0 Å². The summed E-state index contributed by atoms with van der Waals surface area (Å²) in [6.45, 7) is 27.9. The lowest BCUT2D eigenvalue weighted by atomic mass is 9.96. The van der Waals surface area contributed by atoms with Crippen LogP contribution >= 0.6 is 0 Å². The predicted molar refractivity (Wildman–Crippen MR) is 248 cm³/mol. The van der Waals surface area contributed by atoms with E-state index in [9.17, 15) is 13.2 Å². The van der Waals surface area contributed by atoms with Crippen molar-refractivity contribution in [2.75, 3.05) is 26.8 Å². The second-order valence-corrected chi connectivity index (χ2v) is 30.6. The van der Waals surface area contributed by atoms with Crippen LogP contribution in [0.4, 0.5) is 4.79 Å². The van der Waals surface area contributed by atoms with Gasteiger partial charge in [-0.2, -0.15) is 8.42 Å². The number of carbonyl (C=O) groups is 1. The molecule has 1 N–H and O–H groups in total. The molecule has 0 radical (unpaired) electrons. The first-order chi connectivity index (χ1) is 27.0. The highest BCUT2D eigenvalue weighted by atomic mass is 32.2. The van der Waals surface area contributed by atoms with E-state index in [-0.39, 0.29) is 11.6 Å². The third kappa shape index (κ3) is 26.0. The lowest BCUT2D eigenvalue weighted by molar-refractivity contribution is -0.0924. The second kappa shape index (κ2) is 29.7. The molecule has 0 fully saturated rings. The SMILES string of the molecule is CC[C@@H](C)[C@@H](CCCCCCCCCCCCCCCC[C@@H](OS(C)(=O)=O)[C@@H](O[Si](CC)(CC)CC)[C@H](CO[Si](C)(C)C(C)(C)C)NC(=O)OC(C)(C)C)OCOC. The normalized spacial score (nSPS) is 15.8. The van der Waals surface area contributed by atoms with Crippen LogP contribution in [0.5, 0.6) is 0 Å². The zero-order valence-electron chi connectivity index (χ0n) is 40.5. The van der Waals surface area contributed by atoms with Crippen LogP contribution in [0.15, 0.2) is 0 Å². The molecule has 5 atom stereocenters. The number of hydrogen-bond acceptors (Lipinski definition) is 9. The third-order valence-electron chi connectivity index (χ3n) is 12.4. The van der Waals surface area contributed by atoms with E-state index in [2.05, 4.69) is 73.8 Å². The monoisotopic (exact) mass is 882 g/mol. The van der Waals surface area contributed by atoms with E-state index < -0.39 is 56.7 Å². The minimum absolute atomic E-state index is 0.0600. The van der Waals surface area contributed by atoms with Gasteiger partial charge in [-0.05, 0) is 75.8 Å². The molecule has 0 aromatic carbocycles. The average Bonchev–Trinajstić information content (AvgIpc) is 3.12. The van der Waals surface area contributed by atoms with Crippen LogP contribution in [-0.4, -0.2) is 87.9 Å². The van der Waals surface area contributed by atoms with Gasteiger partial charge in [-0.15, -0.1) is 0 Å². The van der Waals surface area contributed by atoms with Gasteiger partial charge in [0.05, 0.1) is 31.1 Å². The zero-order valence-corrected chi connectivity index (χ0v) is 43.3. The lowest BCUT2D eigenvalue weighted by Crippen LogP contribution is -2.59. The molecule has 348 valence electrons. The summed E-state index contributed by atoms with van der Waals surface area (Å²) >= 11 is 0. The number of nitrogens with one attached hydrogen (secondary N) is 1. The van der Waals surface area contributed by atoms with Crippen LogP contribution in [0.2, 0.25) is 36.3 Å². The van der Waals surface area contributed by atoms with Crippen molar-refractivity contribution in [1.29, 1.82) is 0 Å². The van der Waals surface area contributed by atoms with Crippen molar-refractivity contribution in [1.82, 2.24) is 5.32 Å². The van der Waals surface area contributed by atoms with Crippen molar-refractivity contribution in [3.63, 3.8) is 0 Å². The maximum absolute atomic E-state index is 13.4. The number of alkyl carbamates (subject to hydrolysis) is 1. The van der Waals surface area contributed by atoms with Crippen LogP contribution in [0, 0.1) is 5.92 Å². The summed E-state index contributed by atoms with van der Waals surface area (Å²) in [6, 6.07) is 1.95. The molecule has 58 heavy (non-hydrogen) atoms. The van der Waals surface area contributed by atoms with Crippen LogP contribution in [0.3, 0.4) is 0 Å². The highest BCUT2D eigenvalue weighted by Crippen LogP contribution is 2.37. The van der Waals surface area contributed by atoms with Crippen molar-refractivity contribution in [3.05, 3.63) is 0 Å². The van der Waals surface area contributed by atoms with Gasteiger partial charge < -0.3 is 28.4 Å². The maximum atomic E-state index is 13.4. The van der Waals surface area contributed by atoms with E-state index in [1.807, 2.05) is 20.8 Å². The third-order valence-corrected chi connectivity index (χ3v) is 22.2. The Bertz CT molecular complexity index is 1150. The Morgan fingerprint density at radius 1 is 0.707 bits per heavy atom. The van der Waals surface area contributed by atoms with Gasteiger partial charge in [0.2, 0.25) is 0 Å². The van der Waals surface area contributed by atoms with Gasteiger partial charge in [0.1, 0.15) is 18.5 Å². The molecule has 0 aromatic heterocycles. The number of amides is 1. The summed E-state index contributed by atoms with van der Waals surface area (Å²) in [5.74, 6) is 0.573. The molecule has 0 rings (SSSR count). The van der Waals surface area contributed by atoms with E-state index in [1.54, 1.807) is 7.11 Å². The molecule has 0 saturated heterocycles. The number of carbonyl (C=O) groups excluding carboxylic acids is 1. The van der Waals surface area contributed by atoms with Gasteiger partial charge in [0.25, 0.3) is 10.1 Å². The number of unbranched alkanes of at least 4 members (excludes halogenated alkanes) is 13. The Hall–Kier alpha value is -0.546. The number of rotatable bonds is 35. The summed E-state index contributed by atoms with van der Waals surface area (Å²) in [7, 11) is -6.71. The van der Waals surface area contributed by atoms with Crippen LogP contribution in [0.25, 0.3) is 0 Å². The first-order valence-corrected chi connectivity index (χ1v) is 30.6. The summed E-state index contributed by atoms with van der Waals surface area (Å²) in [4.78, 5) is 13.4. The van der Waals surface area contributed by atoms with Gasteiger partial charge >= 0.3 is 6.09 Å². The second-order valence-electron chi connectivity index (χ2n) is 19.5. The molecule has 13 heteroatoms. The van der Waals surface area contributed by atoms with Gasteiger partial charge in [-0.1, -0.05) is 152 Å². The minimum Gasteiger partial charge on any atom is -0.444 e. The Balaban J connectivity index is 5.35. The van der Waals surface area contributed by atoms with Gasteiger partial charge in [0.15, 0.2) is 16.6 Å². The number of hydrogen-bond donors (Lipinski definition) is 1. The molecule has 0 unspecified atom stereocenters. The van der Waals surface area contributed by atoms with Crippen molar-refractivity contribution in [2.45, 2.75) is 252 Å². The lowest BCUT2D eigenvalue weighted by Gasteiger charge is -2.42. The highest BCUT2D eigenvalue weighted by molar-refractivity contribution is 7.86. The smallest absolute Gasteiger partial charge is 0.408 e. The summed E-state index contributed by atoms with van der Waals surface area (Å²) in [5, 5.41) is 3.02. The predicted octanol–water partition coefficient (Wildman–Crippen LogP) is 12.9.